The Morgan fingerprint density at radius 3 is 3.00 bits per heavy atom. The summed E-state index contributed by atoms with van der Waals surface area (Å²) in [5.74, 6) is -2.04. The van der Waals surface area contributed by atoms with E-state index in [1.165, 1.54) is 23.5 Å². The molecule has 0 saturated heterocycles. The molecule has 0 bridgehead atoms. The van der Waals surface area contributed by atoms with Gasteiger partial charge in [-0.1, -0.05) is 6.07 Å². The summed E-state index contributed by atoms with van der Waals surface area (Å²) in [5, 5.41) is 13.6. The van der Waals surface area contributed by atoms with Gasteiger partial charge in [-0.05, 0) is 12.1 Å². The molecule has 0 amide bonds. The summed E-state index contributed by atoms with van der Waals surface area (Å²) >= 11 is 1.45. The molecule has 17 heavy (non-hydrogen) atoms. The molecule has 0 atom stereocenters. The van der Waals surface area contributed by atoms with E-state index in [2.05, 4.69) is 10.3 Å². The van der Waals surface area contributed by atoms with Gasteiger partial charge in [0.25, 0.3) is 0 Å². The Balaban J connectivity index is 2.21. The number of rotatable bonds is 4. The minimum absolute atomic E-state index is 0.255. The summed E-state index contributed by atoms with van der Waals surface area (Å²) in [5.41, 5.74) is 2.38. The minimum atomic E-state index is -1.29. The van der Waals surface area contributed by atoms with Crippen molar-refractivity contribution in [3.05, 3.63) is 46.2 Å². The number of carboxylic acid groups (broad SMARTS) is 1. The van der Waals surface area contributed by atoms with Gasteiger partial charge >= 0.3 is 5.97 Å². The van der Waals surface area contributed by atoms with Crippen LogP contribution < -0.4 is 5.32 Å². The molecule has 0 spiro atoms. The van der Waals surface area contributed by atoms with Crippen LogP contribution in [0.2, 0.25) is 0 Å². The first kappa shape index (κ1) is 11.5. The molecule has 2 rings (SSSR count). The van der Waals surface area contributed by atoms with E-state index >= 15 is 0 Å². The van der Waals surface area contributed by atoms with Crippen molar-refractivity contribution >= 4 is 23.0 Å². The molecule has 2 aromatic rings. The summed E-state index contributed by atoms with van der Waals surface area (Å²) in [6.07, 6.45) is 0. The van der Waals surface area contributed by atoms with Crippen LogP contribution in [0.3, 0.4) is 0 Å². The van der Waals surface area contributed by atoms with E-state index in [0.717, 1.165) is 11.8 Å². The van der Waals surface area contributed by atoms with Crippen LogP contribution in [-0.2, 0) is 6.54 Å². The molecule has 88 valence electrons. The van der Waals surface area contributed by atoms with Gasteiger partial charge in [0.05, 0.1) is 23.4 Å². The van der Waals surface area contributed by atoms with Crippen molar-refractivity contribution in [2.75, 3.05) is 5.32 Å². The molecule has 6 heteroatoms. The van der Waals surface area contributed by atoms with Crippen molar-refractivity contribution in [2.24, 2.45) is 0 Å². The molecule has 0 unspecified atom stereocenters. The molecule has 2 N–H and O–H groups in total. The summed E-state index contributed by atoms with van der Waals surface area (Å²) < 4.78 is 13.3. The van der Waals surface area contributed by atoms with Crippen molar-refractivity contribution in [3.8, 4) is 0 Å². The zero-order valence-electron chi connectivity index (χ0n) is 8.68. The molecule has 0 saturated carbocycles. The van der Waals surface area contributed by atoms with E-state index in [9.17, 15) is 9.18 Å². The van der Waals surface area contributed by atoms with Gasteiger partial charge in [0.15, 0.2) is 0 Å². The van der Waals surface area contributed by atoms with Crippen LogP contribution >= 0.6 is 11.3 Å². The Bertz CT molecular complexity index is 528. The highest BCUT2D eigenvalue weighted by Gasteiger charge is 2.15. The number of nitrogens with one attached hydrogen (secondary N) is 1. The molecule has 1 aromatic carbocycles. The van der Waals surface area contributed by atoms with E-state index < -0.39 is 11.8 Å². The van der Waals surface area contributed by atoms with Crippen LogP contribution in [0.4, 0.5) is 10.1 Å². The topological polar surface area (TPSA) is 62.2 Å². The lowest BCUT2D eigenvalue weighted by Crippen LogP contribution is -2.08. The fraction of sp³-hybridized carbons (Fsp3) is 0.0909. The van der Waals surface area contributed by atoms with Gasteiger partial charge in [0.1, 0.15) is 11.4 Å². The fourth-order valence-electron chi connectivity index (χ4n) is 1.40. The zero-order valence-corrected chi connectivity index (χ0v) is 9.50. The maximum absolute atomic E-state index is 13.3. The van der Waals surface area contributed by atoms with Crippen molar-refractivity contribution in [1.82, 2.24) is 4.98 Å². The Labute approximate surface area is 101 Å². The van der Waals surface area contributed by atoms with E-state index in [-0.39, 0.29) is 11.3 Å². The SMILES string of the molecule is O=C(O)c1c(F)cccc1NCc1cscn1. The van der Waals surface area contributed by atoms with Crippen LogP contribution in [-0.4, -0.2) is 16.1 Å². The number of aromatic nitrogens is 1. The lowest BCUT2D eigenvalue weighted by Gasteiger charge is -2.08. The average molecular weight is 252 g/mol. The van der Waals surface area contributed by atoms with E-state index in [1.54, 1.807) is 5.51 Å². The Morgan fingerprint density at radius 2 is 2.35 bits per heavy atom. The van der Waals surface area contributed by atoms with Crippen LogP contribution in [0.15, 0.2) is 29.1 Å². The van der Waals surface area contributed by atoms with E-state index in [0.29, 0.717) is 6.54 Å². The third-order valence-electron chi connectivity index (χ3n) is 2.17. The molecule has 1 heterocycles. The molecule has 0 radical (unpaired) electrons. The molecule has 0 aliphatic heterocycles. The van der Waals surface area contributed by atoms with Gasteiger partial charge in [-0.15, -0.1) is 11.3 Å². The van der Waals surface area contributed by atoms with Crippen molar-refractivity contribution in [1.29, 1.82) is 0 Å². The summed E-state index contributed by atoms with van der Waals surface area (Å²) in [6.45, 7) is 0.368. The summed E-state index contributed by atoms with van der Waals surface area (Å²) in [4.78, 5) is 15.0. The van der Waals surface area contributed by atoms with Gasteiger partial charge in [0, 0.05) is 5.38 Å². The predicted octanol–water partition coefficient (Wildman–Crippen LogP) is 2.59. The first-order chi connectivity index (χ1) is 8.18. The number of hydrogen-bond donors (Lipinski definition) is 2. The number of hydrogen-bond acceptors (Lipinski definition) is 4. The monoisotopic (exact) mass is 252 g/mol. The third-order valence-corrected chi connectivity index (χ3v) is 2.81. The van der Waals surface area contributed by atoms with Gasteiger partial charge < -0.3 is 10.4 Å². The highest BCUT2D eigenvalue weighted by atomic mass is 32.1. The van der Waals surface area contributed by atoms with E-state index in [4.69, 9.17) is 5.11 Å². The van der Waals surface area contributed by atoms with Crippen molar-refractivity contribution in [2.45, 2.75) is 6.54 Å². The number of nitrogens with zero attached hydrogens (tertiary/aromatic N) is 1. The number of anilines is 1. The van der Waals surface area contributed by atoms with Gasteiger partial charge in [-0.3, -0.25) is 0 Å². The molecule has 0 aliphatic rings. The second kappa shape index (κ2) is 4.92. The molecular formula is C11H9FN2O2S. The summed E-state index contributed by atoms with van der Waals surface area (Å²) in [7, 11) is 0. The van der Waals surface area contributed by atoms with Crippen molar-refractivity contribution in [3.63, 3.8) is 0 Å². The lowest BCUT2D eigenvalue weighted by molar-refractivity contribution is 0.0693. The first-order valence-electron chi connectivity index (χ1n) is 4.81. The fourth-order valence-corrected chi connectivity index (χ4v) is 1.96. The molecule has 0 fully saturated rings. The number of thiazole rings is 1. The molecular weight excluding hydrogens is 243 g/mol. The normalized spacial score (nSPS) is 10.2. The zero-order chi connectivity index (χ0) is 12.3. The lowest BCUT2D eigenvalue weighted by atomic mass is 10.1. The first-order valence-corrected chi connectivity index (χ1v) is 5.75. The maximum atomic E-state index is 13.3. The summed E-state index contributed by atoms with van der Waals surface area (Å²) in [6, 6.07) is 4.11. The quantitative estimate of drug-likeness (QED) is 0.878. The molecule has 1 aromatic heterocycles. The van der Waals surface area contributed by atoms with Crippen LogP contribution in [0.5, 0.6) is 0 Å². The minimum Gasteiger partial charge on any atom is -0.478 e. The predicted molar refractivity (Wildman–Crippen MR) is 62.8 cm³/mol. The smallest absolute Gasteiger partial charge is 0.340 e. The van der Waals surface area contributed by atoms with Gasteiger partial charge in [-0.2, -0.15) is 0 Å². The van der Waals surface area contributed by atoms with Gasteiger partial charge in [-0.25, -0.2) is 14.2 Å². The Kier molecular flexibility index (Phi) is 3.34. The van der Waals surface area contributed by atoms with Crippen LogP contribution in [0.25, 0.3) is 0 Å². The van der Waals surface area contributed by atoms with Crippen LogP contribution in [0, 0.1) is 5.82 Å². The van der Waals surface area contributed by atoms with E-state index in [1.807, 2.05) is 5.38 Å². The second-order valence-electron chi connectivity index (χ2n) is 3.30. The number of carboxylic acids is 1. The molecule has 0 aliphatic carbocycles. The highest BCUT2D eigenvalue weighted by molar-refractivity contribution is 7.07. The number of aromatic carboxylic acids is 1. The largest absolute Gasteiger partial charge is 0.478 e. The maximum Gasteiger partial charge on any atom is 0.340 e. The third kappa shape index (κ3) is 2.59. The second-order valence-corrected chi connectivity index (χ2v) is 4.02. The van der Waals surface area contributed by atoms with Crippen molar-refractivity contribution < 1.29 is 14.3 Å². The average Bonchev–Trinajstić information content (AvgIpc) is 2.78. The Hall–Kier alpha value is -1.95. The Morgan fingerprint density at radius 1 is 1.53 bits per heavy atom. The standard InChI is InChI=1S/C11H9FN2O2S/c12-8-2-1-3-9(10(8)11(15)16)13-4-7-5-17-6-14-7/h1-3,5-6,13H,4H2,(H,15,16). The molecule has 4 nitrogen and oxygen atoms in total. The highest BCUT2D eigenvalue weighted by Crippen LogP contribution is 2.19. The van der Waals surface area contributed by atoms with Gasteiger partial charge in [0.2, 0.25) is 0 Å². The van der Waals surface area contributed by atoms with Crippen LogP contribution in [0.1, 0.15) is 16.1 Å². The number of carbonyl (C=O) groups is 1. The number of halogens is 1. The number of benzene rings is 1.